The zero-order chi connectivity index (χ0) is 12.9. The Kier molecular flexibility index (Phi) is 4.46. The molecule has 0 saturated carbocycles. The summed E-state index contributed by atoms with van der Waals surface area (Å²) in [6.45, 7) is 0.365. The van der Waals surface area contributed by atoms with Crippen LogP contribution in [0.15, 0.2) is 6.20 Å². The zero-order valence-electron chi connectivity index (χ0n) is 9.36. The van der Waals surface area contributed by atoms with E-state index < -0.39 is 10.0 Å². The van der Waals surface area contributed by atoms with Gasteiger partial charge in [0, 0.05) is 13.7 Å². The summed E-state index contributed by atoms with van der Waals surface area (Å²) in [6.07, 6.45) is 1.67. The van der Waals surface area contributed by atoms with Gasteiger partial charge in [-0.25, -0.2) is 8.42 Å². The SMILES string of the molecule is COCCCS(=O)(=O)Nc1[nH]ncc1C(=N)N. The fourth-order valence-electron chi connectivity index (χ4n) is 1.17. The van der Waals surface area contributed by atoms with Crippen LogP contribution in [-0.4, -0.2) is 43.9 Å². The Morgan fingerprint density at radius 1 is 1.71 bits per heavy atom. The number of nitrogens with one attached hydrogen (secondary N) is 3. The molecule has 0 aliphatic rings. The zero-order valence-corrected chi connectivity index (χ0v) is 10.2. The predicted octanol–water partition coefficient (Wildman–Crippen LogP) is -0.528. The minimum atomic E-state index is -3.49. The molecule has 1 heterocycles. The number of nitrogens with two attached hydrogens (primary N) is 1. The lowest BCUT2D eigenvalue weighted by atomic mass is 10.3. The topological polar surface area (TPSA) is 134 Å². The number of aromatic amines is 1. The van der Waals surface area contributed by atoms with Gasteiger partial charge < -0.3 is 10.5 Å². The highest BCUT2D eigenvalue weighted by Crippen LogP contribution is 2.12. The van der Waals surface area contributed by atoms with Crippen LogP contribution < -0.4 is 10.5 Å². The molecule has 8 nitrogen and oxygen atoms in total. The predicted molar refractivity (Wildman–Crippen MR) is 63.5 cm³/mol. The molecule has 0 bridgehead atoms. The van der Waals surface area contributed by atoms with E-state index in [1.54, 1.807) is 0 Å². The number of anilines is 1. The monoisotopic (exact) mass is 261 g/mol. The Morgan fingerprint density at radius 2 is 2.41 bits per heavy atom. The third-order valence-corrected chi connectivity index (χ3v) is 3.29. The lowest BCUT2D eigenvalue weighted by Gasteiger charge is -2.07. The first-order valence-corrected chi connectivity index (χ1v) is 6.48. The Labute approximate surface area is 99.1 Å². The van der Waals surface area contributed by atoms with Crippen LogP contribution in [0.25, 0.3) is 0 Å². The highest BCUT2D eigenvalue weighted by Gasteiger charge is 2.15. The molecule has 5 N–H and O–H groups in total. The van der Waals surface area contributed by atoms with Gasteiger partial charge in [0.2, 0.25) is 10.0 Å². The molecule has 0 aliphatic carbocycles. The number of rotatable bonds is 7. The van der Waals surface area contributed by atoms with Crippen LogP contribution in [0.2, 0.25) is 0 Å². The molecule has 9 heteroatoms. The smallest absolute Gasteiger partial charge is 0.233 e. The first kappa shape index (κ1) is 13.5. The number of aromatic nitrogens is 2. The van der Waals surface area contributed by atoms with Gasteiger partial charge >= 0.3 is 0 Å². The van der Waals surface area contributed by atoms with Crippen LogP contribution in [-0.2, 0) is 14.8 Å². The van der Waals surface area contributed by atoms with E-state index in [-0.39, 0.29) is 23.0 Å². The standard InChI is InChI=1S/C8H15N5O3S/c1-16-3-2-4-17(14,15)13-8-6(7(9)10)5-11-12-8/h5H,2-4H2,1H3,(H3,9,10)(H2,11,12,13). The van der Waals surface area contributed by atoms with Crippen LogP contribution in [0.3, 0.4) is 0 Å². The summed E-state index contributed by atoms with van der Waals surface area (Å²) in [5.74, 6) is -0.222. The average molecular weight is 261 g/mol. The summed E-state index contributed by atoms with van der Waals surface area (Å²) >= 11 is 0. The molecule has 1 rings (SSSR count). The van der Waals surface area contributed by atoms with E-state index in [9.17, 15) is 8.42 Å². The van der Waals surface area contributed by atoms with Gasteiger partial charge in [0.05, 0.1) is 17.5 Å². The van der Waals surface area contributed by atoms with Gasteiger partial charge in [0.25, 0.3) is 0 Å². The van der Waals surface area contributed by atoms with Gasteiger partial charge in [-0.2, -0.15) is 5.10 Å². The van der Waals surface area contributed by atoms with Gasteiger partial charge in [-0.15, -0.1) is 0 Å². The third kappa shape index (κ3) is 4.04. The molecule has 0 amide bonds. The van der Waals surface area contributed by atoms with Crippen LogP contribution in [0, 0.1) is 5.41 Å². The minimum Gasteiger partial charge on any atom is -0.385 e. The van der Waals surface area contributed by atoms with Crippen molar-refractivity contribution in [2.75, 3.05) is 24.2 Å². The van der Waals surface area contributed by atoms with Gasteiger partial charge in [-0.05, 0) is 6.42 Å². The van der Waals surface area contributed by atoms with E-state index in [4.69, 9.17) is 15.9 Å². The molecule has 1 aromatic rings. The summed E-state index contributed by atoms with van der Waals surface area (Å²) in [6, 6.07) is 0. The second-order valence-corrected chi connectivity index (χ2v) is 5.18. The lowest BCUT2D eigenvalue weighted by molar-refractivity contribution is 0.199. The van der Waals surface area contributed by atoms with E-state index >= 15 is 0 Å². The largest absolute Gasteiger partial charge is 0.385 e. The first-order valence-electron chi connectivity index (χ1n) is 4.83. The normalized spacial score (nSPS) is 11.4. The number of ether oxygens (including phenoxy) is 1. The number of nitrogen functional groups attached to an aromatic ring is 1. The maximum Gasteiger partial charge on any atom is 0.233 e. The minimum absolute atomic E-state index is 0.0722. The van der Waals surface area contributed by atoms with Crippen LogP contribution in [0.5, 0.6) is 0 Å². The van der Waals surface area contributed by atoms with E-state index in [1.165, 1.54) is 13.3 Å². The van der Waals surface area contributed by atoms with E-state index in [0.717, 1.165) is 0 Å². The molecule has 0 saturated heterocycles. The molecule has 0 aromatic carbocycles. The lowest BCUT2D eigenvalue weighted by Crippen LogP contribution is -2.21. The van der Waals surface area contributed by atoms with Crippen molar-refractivity contribution in [3.8, 4) is 0 Å². The van der Waals surface area contributed by atoms with Crippen molar-refractivity contribution in [2.45, 2.75) is 6.42 Å². The van der Waals surface area contributed by atoms with E-state index in [2.05, 4.69) is 14.9 Å². The van der Waals surface area contributed by atoms with Crippen LogP contribution in [0.1, 0.15) is 12.0 Å². The van der Waals surface area contributed by atoms with E-state index in [0.29, 0.717) is 13.0 Å². The first-order chi connectivity index (χ1) is 7.96. The molecule has 0 fully saturated rings. The molecule has 0 atom stereocenters. The maximum atomic E-state index is 11.6. The molecular weight excluding hydrogens is 246 g/mol. The fourth-order valence-corrected chi connectivity index (χ4v) is 2.23. The second kappa shape index (κ2) is 5.64. The number of hydrogen-bond donors (Lipinski definition) is 4. The van der Waals surface area contributed by atoms with Crippen LogP contribution >= 0.6 is 0 Å². The molecule has 0 radical (unpaired) electrons. The van der Waals surface area contributed by atoms with Gasteiger partial charge in [-0.1, -0.05) is 0 Å². The fraction of sp³-hybridized carbons (Fsp3) is 0.500. The van der Waals surface area contributed by atoms with E-state index in [1.807, 2.05) is 0 Å². The highest BCUT2D eigenvalue weighted by molar-refractivity contribution is 7.92. The summed E-state index contributed by atoms with van der Waals surface area (Å²) < 4.78 is 30.3. The second-order valence-electron chi connectivity index (χ2n) is 3.34. The Morgan fingerprint density at radius 3 is 3.00 bits per heavy atom. The molecule has 0 aliphatic heterocycles. The van der Waals surface area contributed by atoms with Gasteiger partial charge in [0.1, 0.15) is 11.7 Å². The van der Waals surface area contributed by atoms with Crippen molar-refractivity contribution in [1.29, 1.82) is 5.41 Å². The number of amidine groups is 1. The third-order valence-electron chi connectivity index (χ3n) is 1.95. The van der Waals surface area contributed by atoms with Crippen molar-refractivity contribution >= 4 is 21.7 Å². The van der Waals surface area contributed by atoms with Gasteiger partial charge in [-0.3, -0.25) is 15.2 Å². The van der Waals surface area contributed by atoms with Crippen molar-refractivity contribution in [1.82, 2.24) is 10.2 Å². The molecule has 96 valence electrons. The van der Waals surface area contributed by atoms with Crippen molar-refractivity contribution in [2.24, 2.45) is 5.73 Å². The van der Waals surface area contributed by atoms with Crippen molar-refractivity contribution in [3.63, 3.8) is 0 Å². The van der Waals surface area contributed by atoms with Crippen LogP contribution in [0.4, 0.5) is 5.82 Å². The van der Waals surface area contributed by atoms with Gasteiger partial charge in [0.15, 0.2) is 0 Å². The Bertz CT molecular complexity index is 481. The molecule has 17 heavy (non-hydrogen) atoms. The number of sulfonamides is 1. The van der Waals surface area contributed by atoms with Crippen molar-refractivity contribution < 1.29 is 13.2 Å². The summed E-state index contributed by atoms with van der Waals surface area (Å²) in [4.78, 5) is 0. The Hall–Kier alpha value is -1.61. The quantitative estimate of drug-likeness (QED) is 0.297. The molecule has 0 unspecified atom stereocenters. The summed E-state index contributed by atoms with van der Waals surface area (Å²) in [5.41, 5.74) is 5.49. The van der Waals surface area contributed by atoms with Crippen molar-refractivity contribution in [3.05, 3.63) is 11.8 Å². The summed E-state index contributed by atoms with van der Waals surface area (Å²) in [5, 5.41) is 13.3. The number of methoxy groups -OCH3 is 1. The number of H-pyrrole nitrogens is 1. The molecule has 1 aromatic heterocycles. The number of hydrogen-bond acceptors (Lipinski definition) is 5. The summed E-state index contributed by atoms with van der Waals surface area (Å²) in [7, 11) is -1.98. The average Bonchev–Trinajstić information content (AvgIpc) is 2.65. The molecular formula is C8H15N5O3S. The number of nitrogens with zero attached hydrogens (tertiary/aromatic N) is 1. The maximum absolute atomic E-state index is 11.6. The Balaban J connectivity index is 2.69. The molecule has 0 spiro atoms. The highest BCUT2D eigenvalue weighted by atomic mass is 32.2.